The molecule has 0 fully saturated rings. The molecule has 3 rings (SSSR count). The highest BCUT2D eigenvalue weighted by Crippen LogP contribution is 2.28. The summed E-state index contributed by atoms with van der Waals surface area (Å²) in [4.78, 5) is 25.2. The Morgan fingerprint density at radius 2 is 1.56 bits per heavy atom. The van der Waals surface area contributed by atoms with Crippen LogP contribution in [0.15, 0.2) is 66.7 Å². The number of rotatable bonds is 11. The Balaban J connectivity index is 1.63. The fraction of sp³-hybridized carbons (Fsp3) is 0.241. The van der Waals surface area contributed by atoms with E-state index in [1.807, 2.05) is 0 Å². The summed E-state index contributed by atoms with van der Waals surface area (Å²) in [5.74, 6) is -0.440. The number of anilines is 2. The second kappa shape index (κ2) is 13.4. The zero-order chi connectivity index (χ0) is 28.4. The van der Waals surface area contributed by atoms with E-state index in [1.165, 1.54) is 12.1 Å². The Labute approximate surface area is 224 Å². The Morgan fingerprint density at radius 1 is 0.897 bits per heavy atom. The van der Waals surface area contributed by atoms with E-state index in [-0.39, 0.29) is 42.9 Å². The first kappa shape index (κ1) is 29.1. The molecule has 0 atom stereocenters. The second-order valence-corrected chi connectivity index (χ2v) is 8.53. The number of ether oxygens (including phenoxy) is 3. The SMILES string of the molecule is CCOC(=O)C(=Cc1ccc(OC(=O)c2ccc(OCCCCC(F)(F)F)cc2)cc1)c1cc(N)ccc1N. The van der Waals surface area contributed by atoms with Crippen molar-refractivity contribution in [1.29, 1.82) is 0 Å². The van der Waals surface area contributed by atoms with Crippen LogP contribution in [0.3, 0.4) is 0 Å². The molecule has 0 radical (unpaired) electrons. The predicted octanol–water partition coefficient (Wildman–Crippen LogP) is 6.29. The number of hydrogen-bond acceptors (Lipinski definition) is 7. The lowest BCUT2D eigenvalue weighted by Gasteiger charge is -2.11. The van der Waals surface area contributed by atoms with Gasteiger partial charge in [0.15, 0.2) is 0 Å². The highest BCUT2D eigenvalue weighted by Gasteiger charge is 2.25. The van der Waals surface area contributed by atoms with Crippen molar-refractivity contribution in [2.45, 2.75) is 32.4 Å². The molecule has 0 amide bonds. The molecule has 0 saturated heterocycles. The molecule has 0 aliphatic heterocycles. The van der Waals surface area contributed by atoms with Crippen LogP contribution >= 0.6 is 0 Å². The van der Waals surface area contributed by atoms with E-state index in [2.05, 4.69) is 0 Å². The average molecular weight is 543 g/mol. The minimum atomic E-state index is -4.17. The largest absolute Gasteiger partial charge is 0.494 e. The molecule has 0 aromatic heterocycles. The molecule has 7 nitrogen and oxygen atoms in total. The molecule has 0 saturated carbocycles. The molecular formula is C29H29F3N2O5. The van der Waals surface area contributed by atoms with E-state index in [0.29, 0.717) is 28.3 Å². The lowest BCUT2D eigenvalue weighted by atomic mass is 10.0. The Hall–Kier alpha value is -4.47. The van der Waals surface area contributed by atoms with Gasteiger partial charge >= 0.3 is 18.1 Å². The number of alkyl halides is 3. The Morgan fingerprint density at radius 3 is 2.21 bits per heavy atom. The van der Waals surface area contributed by atoms with Crippen molar-refractivity contribution in [3.63, 3.8) is 0 Å². The average Bonchev–Trinajstić information content (AvgIpc) is 2.89. The summed E-state index contributed by atoms with van der Waals surface area (Å²) in [5, 5.41) is 0. The van der Waals surface area contributed by atoms with Gasteiger partial charge in [-0.2, -0.15) is 13.2 Å². The van der Waals surface area contributed by atoms with Crippen LogP contribution in [0, 0.1) is 0 Å². The maximum atomic E-state index is 12.6. The molecule has 0 aliphatic carbocycles. The summed E-state index contributed by atoms with van der Waals surface area (Å²) in [6, 6.07) is 17.4. The zero-order valence-electron chi connectivity index (χ0n) is 21.3. The lowest BCUT2D eigenvalue weighted by Crippen LogP contribution is -2.09. The number of halogens is 3. The Kier molecular flexibility index (Phi) is 9.97. The summed E-state index contributed by atoms with van der Waals surface area (Å²) < 4.78 is 52.6. The highest BCUT2D eigenvalue weighted by molar-refractivity contribution is 6.23. The first-order chi connectivity index (χ1) is 18.6. The van der Waals surface area contributed by atoms with Gasteiger partial charge in [0, 0.05) is 23.4 Å². The van der Waals surface area contributed by atoms with Crippen LogP contribution < -0.4 is 20.9 Å². The maximum Gasteiger partial charge on any atom is 0.389 e. The molecule has 3 aromatic carbocycles. The van der Waals surface area contributed by atoms with Crippen molar-refractivity contribution in [2.75, 3.05) is 24.7 Å². The van der Waals surface area contributed by atoms with E-state index in [4.69, 9.17) is 25.7 Å². The summed E-state index contributed by atoms with van der Waals surface area (Å²) in [5.41, 5.74) is 14.3. The van der Waals surface area contributed by atoms with Crippen LogP contribution in [0.4, 0.5) is 24.5 Å². The van der Waals surface area contributed by atoms with Gasteiger partial charge in [-0.3, -0.25) is 0 Å². The lowest BCUT2D eigenvalue weighted by molar-refractivity contribution is -0.136. The third-order valence-electron chi connectivity index (χ3n) is 5.48. The monoisotopic (exact) mass is 542 g/mol. The molecule has 0 spiro atoms. The smallest absolute Gasteiger partial charge is 0.389 e. The number of carbonyl (C=O) groups excluding carboxylic acids is 2. The molecule has 10 heteroatoms. The normalized spacial score (nSPS) is 11.6. The molecular weight excluding hydrogens is 513 g/mol. The molecule has 39 heavy (non-hydrogen) atoms. The maximum absolute atomic E-state index is 12.6. The van der Waals surface area contributed by atoms with Crippen molar-refractivity contribution >= 4 is 35.0 Å². The van der Waals surface area contributed by atoms with E-state index < -0.39 is 24.5 Å². The first-order valence-electron chi connectivity index (χ1n) is 12.2. The number of carbonyl (C=O) groups is 2. The summed E-state index contributed by atoms with van der Waals surface area (Å²) in [7, 11) is 0. The number of hydrogen-bond donors (Lipinski definition) is 2. The van der Waals surface area contributed by atoms with Gasteiger partial charge in [-0.25, -0.2) is 9.59 Å². The van der Waals surface area contributed by atoms with E-state index in [9.17, 15) is 22.8 Å². The topological polar surface area (TPSA) is 114 Å². The van der Waals surface area contributed by atoms with Gasteiger partial charge in [-0.05, 0) is 86.0 Å². The first-order valence-corrected chi connectivity index (χ1v) is 12.2. The van der Waals surface area contributed by atoms with Crippen LogP contribution in [0.1, 0.15) is 47.7 Å². The molecule has 0 heterocycles. The van der Waals surface area contributed by atoms with Gasteiger partial charge in [0.2, 0.25) is 0 Å². The molecule has 4 N–H and O–H groups in total. The number of nitrogens with two attached hydrogens (primary N) is 2. The van der Waals surface area contributed by atoms with Gasteiger partial charge in [0.1, 0.15) is 11.5 Å². The van der Waals surface area contributed by atoms with Crippen LogP contribution in [0.5, 0.6) is 11.5 Å². The second-order valence-electron chi connectivity index (χ2n) is 8.53. The summed E-state index contributed by atoms with van der Waals surface area (Å²) >= 11 is 0. The van der Waals surface area contributed by atoms with E-state index >= 15 is 0 Å². The Bertz CT molecular complexity index is 1300. The van der Waals surface area contributed by atoms with Crippen molar-refractivity contribution < 1.29 is 37.0 Å². The van der Waals surface area contributed by atoms with Crippen molar-refractivity contribution in [3.8, 4) is 11.5 Å². The van der Waals surface area contributed by atoms with Crippen LogP contribution in [0.25, 0.3) is 11.6 Å². The number of unbranched alkanes of at least 4 members (excludes halogenated alkanes) is 1. The summed E-state index contributed by atoms with van der Waals surface area (Å²) in [6.07, 6.45) is -3.15. The van der Waals surface area contributed by atoms with Crippen molar-refractivity contribution in [1.82, 2.24) is 0 Å². The summed E-state index contributed by atoms with van der Waals surface area (Å²) in [6.45, 7) is 2.02. The molecule has 0 aliphatic rings. The van der Waals surface area contributed by atoms with Gasteiger partial charge < -0.3 is 25.7 Å². The minimum absolute atomic E-state index is 0.0123. The van der Waals surface area contributed by atoms with Crippen LogP contribution in [-0.2, 0) is 9.53 Å². The van der Waals surface area contributed by atoms with Crippen LogP contribution in [0.2, 0.25) is 0 Å². The van der Waals surface area contributed by atoms with Crippen molar-refractivity contribution in [3.05, 3.63) is 83.4 Å². The van der Waals surface area contributed by atoms with Gasteiger partial charge in [0.25, 0.3) is 0 Å². The minimum Gasteiger partial charge on any atom is -0.494 e. The zero-order valence-corrected chi connectivity index (χ0v) is 21.3. The van der Waals surface area contributed by atoms with Crippen LogP contribution in [-0.4, -0.2) is 31.3 Å². The highest BCUT2D eigenvalue weighted by atomic mass is 19.4. The van der Waals surface area contributed by atoms with E-state index in [0.717, 1.165) is 0 Å². The van der Waals surface area contributed by atoms with Gasteiger partial charge in [-0.15, -0.1) is 0 Å². The van der Waals surface area contributed by atoms with Crippen molar-refractivity contribution in [2.24, 2.45) is 0 Å². The van der Waals surface area contributed by atoms with E-state index in [1.54, 1.807) is 67.6 Å². The quantitative estimate of drug-likeness (QED) is 0.0731. The fourth-order valence-corrected chi connectivity index (χ4v) is 3.53. The number of esters is 2. The number of nitrogen functional groups attached to an aromatic ring is 2. The van der Waals surface area contributed by atoms with Gasteiger partial charge in [0.05, 0.1) is 24.4 Å². The molecule has 3 aromatic rings. The number of benzene rings is 3. The fourth-order valence-electron chi connectivity index (χ4n) is 3.53. The molecule has 0 unspecified atom stereocenters. The molecule has 206 valence electrons. The van der Waals surface area contributed by atoms with Gasteiger partial charge in [-0.1, -0.05) is 12.1 Å². The molecule has 0 bridgehead atoms. The third-order valence-corrected chi connectivity index (χ3v) is 5.48. The standard InChI is InChI=1S/C29H29F3N2O5/c1-2-37-28(36)25(24-18-21(33)9-14-26(24)34)17-19-5-10-23(11-6-19)39-27(35)20-7-12-22(13-8-20)38-16-4-3-15-29(30,31)32/h5-14,17-18H,2-4,15-16,33-34H2,1H3. The third kappa shape index (κ3) is 9.10. The predicted molar refractivity (Wildman–Crippen MR) is 143 cm³/mol.